The monoisotopic (exact) mass is 377 g/mol. The third-order valence-electron chi connectivity index (χ3n) is 4.14. The van der Waals surface area contributed by atoms with Crippen molar-refractivity contribution in [3.63, 3.8) is 0 Å². The summed E-state index contributed by atoms with van der Waals surface area (Å²) >= 11 is 0. The standard InChI is InChI=1S/C19H27N3O3S/c1-19(2,3)26(24,25)22-12-7-6-10-18(23)21-14-17-16-9-5-4-8-15(16)11-13-20-17/h4-5,8-9,11,13,22H,6-7,10,12,14H2,1-3H3,(H,21,23). The fraction of sp³-hybridized carbons (Fsp3) is 0.474. The van der Waals surface area contributed by atoms with E-state index in [1.165, 1.54) is 0 Å². The highest BCUT2D eigenvalue weighted by atomic mass is 32.2. The maximum absolute atomic E-state index is 12.0. The molecule has 0 aliphatic rings. The van der Waals surface area contributed by atoms with Crippen molar-refractivity contribution in [1.29, 1.82) is 0 Å². The number of nitrogens with zero attached hydrogens (tertiary/aromatic N) is 1. The van der Waals surface area contributed by atoms with Crippen molar-refractivity contribution in [1.82, 2.24) is 15.0 Å². The predicted molar refractivity (Wildman–Crippen MR) is 104 cm³/mol. The highest BCUT2D eigenvalue weighted by Crippen LogP contribution is 2.16. The van der Waals surface area contributed by atoms with E-state index in [4.69, 9.17) is 0 Å². The fourth-order valence-electron chi connectivity index (χ4n) is 2.43. The molecule has 1 amide bonds. The van der Waals surface area contributed by atoms with E-state index in [1.54, 1.807) is 27.0 Å². The Morgan fingerprint density at radius 2 is 1.85 bits per heavy atom. The molecule has 26 heavy (non-hydrogen) atoms. The largest absolute Gasteiger partial charge is 0.350 e. The summed E-state index contributed by atoms with van der Waals surface area (Å²) in [5.74, 6) is -0.0570. The normalized spacial score (nSPS) is 12.3. The molecule has 2 rings (SSSR count). The number of carbonyl (C=O) groups is 1. The summed E-state index contributed by atoms with van der Waals surface area (Å²) in [7, 11) is -3.32. The van der Waals surface area contributed by atoms with Crippen LogP contribution in [0.2, 0.25) is 0 Å². The highest BCUT2D eigenvalue weighted by Gasteiger charge is 2.27. The van der Waals surface area contributed by atoms with E-state index in [0.29, 0.717) is 32.4 Å². The lowest BCUT2D eigenvalue weighted by Crippen LogP contribution is -2.39. The zero-order chi connectivity index (χ0) is 19.2. The third-order valence-corrected chi connectivity index (χ3v) is 6.33. The highest BCUT2D eigenvalue weighted by molar-refractivity contribution is 7.90. The number of sulfonamides is 1. The second-order valence-corrected chi connectivity index (χ2v) is 9.74. The molecule has 2 aromatic rings. The van der Waals surface area contributed by atoms with E-state index in [9.17, 15) is 13.2 Å². The van der Waals surface area contributed by atoms with Gasteiger partial charge in [-0.25, -0.2) is 13.1 Å². The maximum atomic E-state index is 12.0. The summed E-state index contributed by atoms with van der Waals surface area (Å²) in [6.45, 7) is 5.70. The number of carbonyl (C=O) groups excluding carboxylic acids is 1. The Balaban J connectivity index is 1.73. The molecule has 0 bridgehead atoms. The van der Waals surface area contributed by atoms with Crippen LogP contribution >= 0.6 is 0 Å². The lowest BCUT2D eigenvalue weighted by Gasteiger charge is -2.19. The van der Waals surface area contributed by atoms with Crippen LogP contribution in [0.4, 0.5) is 0 Å². The van der Waals surface area contributed by atoms with Crippen LogP contribution in [0.3, 0.4) is 0 Å². The van der Waals surface area contributed by atoms with Crippen molar-refractivity contribution in [2.24, 2.45) is 0 Å². The van der Waals surface area contributed by atoms with E-state index in [-0.39, 0.29) is 5.91 Å². The number of unbranched alkanes of at least 4 members (excludes halogenated alkanes) is 1. The second kappa shape index (κ2) is 8.60. The summed E-state index contributed by atoms with van der Waals surface area (Å²) < 4.78 is 25.6. The summed E-state index contributed by atoms with van der Waals surface area (Å²) in [6.07, 6.45) is 3.35. The van der Waals surface area contributed by atoms with Gasteiger partial charge in [0.15, 0.2) is 0 Å². The molecule has 0 aliphatic heterocycles. The topological polar surface area (TPSA) is 88.2 Å². The van der Waals surface area contributed by atoms with E-state index in [1.807, 2.05) is 30.3 Å². The molecule has 142 valence electrons. The smallest absolute Gasteiger partial charge is 0.220 e. The number of benzene rings is 1. The van der Waals surface area contributed by atoms with Gasteiger partial charge in [0.05, 0.1) is 17.0 Å². The van der Waals surface area contributed by atoms with Crippen LogP contribution in [-0.2, 0) is 21.4 Å². The van der Waals surface area contributed by atoms with Crippen LogP contribution < -0.4 is 10.0 Å². The molecule has 1 aromatic heterocycles. The number of rotatable bonds is 8. The van der Waals surface area contributed by atoms with Gasteiger partial charge in [0.2, 0.25) is 15.9 Å². The minimum atomic E-state index is -3.32. The van der Waals surface area contributed by atoms with Gasteiger partial charge in [-0.1, -0.05) is 24.3 Å². The van der Waals surface area contributed by atoms with Crippen LogP contribution in [0.1, 0.15) is 45.7 Å². The molecule has 7 heteroatoms. The molecule has 1 heterocycles. The fourth-order valence-corrected chi connectivity index (χ4v) is 3.27. The predicted octanol–water partition coefficient (Wildman–Crippen LogP) is 2.74. The molecular weight excluding hydrogens is 350 g/mol. The van der Waals surface area contributed by atoms with Crippen LogP contribution in [-0.4, -0.2) is 30.6 Å². The minimum Gasteiger partial charge on any atom is -0.350 e. The van der Waals surface area contributed by atoms with Gasteiger partial charge >= 0.3 is 0 Å². The third kappa shape index (κ3) is 5.51. The first-order valence-electron chi connectivity index (χ1n) is 8.79. The van der Waals surface area contributed by atoms with Crippen molar-refractivity contribution in [2.45, 2.75) is 51.3 Å². The molecule has 2 N–H and O–H groups in total. The van der Waals surface area contributed by atoms with Crippen LogP contribution in [0, 0.1) is 0 Å². The second-order valence-electron chi connectivity index (χ2n) is 7.22. The lowest BCUT2D eigenvalue weighted by atomic mass is 10.1. The van der Waals surface area contributed by atoms with Crippen molar-refractivity contribution in [2.75, 3.05) is 6.54 Å². The molecule has 0 unspecified atom stereocenters. The maximum Gasteiger partial charge on any atom is 0.220 e. The Labute approximate surface area is 155 Å². The molecule has 0 saturated heterocycles. The van der Waals surface area contributed by atoms with Gasteiger partial charge in [0.25, 0.3) is 0 Å². The molecule has 0 aliphatic carbocycles. The Morgan fingerprint density at radius 3 is 2.58 bits per heavy atom. The van der Waals surface area contributed by atoms with E-state index in [2.05, 4.69) is 15.0 Å². The van der Waals surface area contributed by atoms with Crippen molar-refractivity contribution in [3.8, 4) is 0 Å². The number of hydrogen-bond donors (Lipinski definition) is 2. The van der Waals surface area contributed by atoms with E-state index >= 15 is 0 Å². The van der Waals surface area contributed by atoms with Gasteiger partial charge in [-0.3, -0.25) is 9.78 Å². The average molecular weight is 378 g/mol. The number of amides is 1. The summed E-state index contributed by atoms with van der Waals surface area (Å²) in [5.41, 5.74) is 0.842. The van der Waals surface area contributed by atoms with Gasteiger partial charge in [0.1, 0.15) is 0 Å². The average Bonchev–Trinajstić information content (AvgIpc) is 2.58. The molecule has 6 nitrogen and oxygen atoms in total. The number of pyridine rings is 1. The molecule has 0 radical (unpaired) electrons. The van der Waals surface area contributed by atoms with Gasteiger partial charge in [0, 0.05) is 24.5 Å². The Hall–Kier alpha value is -1.99. The molecule has 0 saturated carbocycles. The summed E-state index contributed by atoms with van der Waals surface area (Å²) in [4.78, 5) is 16.3. The molecular formula is C19H27N3O3S. The van der Waals surface area contributed by atoms with E-state index < -0.39 is 14.8 Å². The van der Waals surface area contributed by atoms with Crippen LogP contribution in [0.15, 0.2) is 36.5 Å². The Morgan fingerprint density at radius 1 is 1.12 bits per heavy atom. The van der Waals surface area contributed by atoms with Gasteiger partial charge < -0.3 is 5.32 Å². The number of aromatic nitrogens is 1. The van der Waals surface area contributed by atoms with Gasteiger partial charge in [-0.15, -0.1) is 0 Å². The molecule has 0 spiro atoms. The van der Waals surface area contributed by atoms with Crippen LogP contribution in [0.25, 0.3) is 10.8 Å². The Kier molecular flexibility index (Phi) is 6.72. The first kappa shape index (κ1) is 20.3. The molecule has 0 atom stereocenters. The SMILES string of the molecule is CC(C)(C)S(=O)(=O)NCCCCC(=O)NCc1nccc2ccccc12. The van der Waals surface area contributed by atoms with Crippen molar-refractivity contribution < 1.29 is 13.2 Å². The number of hydrogen-bond acceptors (Lipinski definition) is 4. The van der Waals surface area contributed by atoms with Crippen molar-refractivity contribution in [3.05, 3.63) is 42.2 Å². The van der Waals surface area contributed by atoms with E-state index in [0.717, 1.165) is 16.5 Å². The summed E-state index contributed by atoms with van der Waals surface area (Å²) in [5, 5.41) is 5.01. The zero-order valence-electron chi connectivity index (χ0n) is 15.6. The first-order valence-corrected chi connectivity index (χ1v) is 10.3. The molecule has 1 aromatic carbocycles. The van der Waals surface area contributed by atoms with Crippen LogP contribution in [0.5, 0.6) is 0 Å². The first-order chi connectivity index (χ1) is 12.2. The van der Waals surface area contributed by atoms with Gasteiger partial charge in [-0.2, -0.15) is 0 Å². The quantitative estimate of drug-likeness (QED) is 0.693. The minimum absolute atomic E-state index is 0.0570. The van der Waals surface area contributed by atoms with Gasteiger partial charge in [-0.05, 0) is 45.1 Å². The van der Waals surface area contributed by atoms with Crippen molar-refractivity contribution >= 4 is 26.7 Å². The lowest BCUT2D eigenvalue weighted by molar-refractivity contribution is -0.121. The Bertz CT molecular complexity index is 852. The number of nitrogens with one attached hydrogen (secondary N) is 2. The zero-order valence-corrected chi connectivity index (χ0v) is 16.4. The summed E-state index contributed by atoms with van der Waals surface area (Å²) in [6, 6.07) is 9.87. The molecule has 0 fully saturated rings. The number of fused-ring (bicyclic) bond motifs is 1.